The van der Waals surface area contributed by atoms with Gasteiger partial charge in [-0.15, -0.1) is 0 Å². The molecule has 6 nitrogen and oxygen atoms in total. The largest absolute Gasteiger partial charge is 0.365 e. The van der Waals surface area contributed by atoms with Crippen LogP contribution in [0.4, 0.5) is 11.4 Å². The number of rotatable bonds is 3. The number of nitro benzene ring substituents is 1. The van der Waals surface area contributed by atoms with Crippen molar-refractivity contribution in [1.82, 2.24) is 0 Å². The summed E-state index contributed by atoms with van der Waals surface area (Å²) < 4.78 is 5.47. The van der Waals surface area contributed by atoms with E-state index in [2.05, 4.69) is 5.32 Å². The number of hydrogen-bond donors (Lipinski definition) is 1. The van der Waals surface area contributed by atoms with Crippen LogP contribution in [0.5, 0.6) is 0 Å². The average molecular weight is 264 g/mol. The van der Waals surface area contributed by atoms with Gasteiger partial charge in [-0.25, -0.2) is 0 Å². The second-order valence-corrected chi connectivity index (χ2v) is 4.76. The molecular weight excluding hydrogens is 248 g/mol. The van der Waals surface area contributed by atoms with Crippen molar-refractivity contribution < 1.29 is 14.5 Å². The van der Waals surface area contributed by atoms with Crippen molar-refractivity contribution in [2.75, 3.05) is 5.32 Å². The van der Waals surface area contributed by atoms with E-state index in [0.717, 1.165) is 6.42 Å². The van der Waals surface area contributed by atoms with Crippen LogP contribution in [0, 0.1) is 17.0 Å². The molecule has 19 heavy (non-hydrogen) atoms. The minimum absolute atomic E-state index is 0.0451. The smallest absolute Gasteiger partial charge is 0.272 e. The van der Waals surface area contributed by atoms with Gasteiger partial charge < -0.3 is 10.1 Å². The summed E-state index contributed by atoms with van der Waals surface area (Å²) in [5, 5.41) is 13.4. The molecule has 1 heterocycles. The van der Waals surface area contributed by atoms with E-state index < -0.39 is 11.0 Å². The van der Waals surface area contributed by atoms with Crippen LogP contribution in [0.25, 0.3) is 0 Å². The molecule has 1 amide bonds. The maximum atomic E-state index is 11.9. The molecule has 1 aromatic carbocycles. The number of aryl methyl sites for hydroxylation is 1. The molecule has 2 rings (SSSR count). The summed E-state index contributed by atoms with van der Waals surface area (Å²) in [6.45, 7) is 3.57. The quantitative estimate of drug-likeness (QED) is 0.671. The van der Waals surface area contributed by atoms with Gasteiger partial charge in [-0.3, -0.25) is 14.9 Å². The highest BCUT2D eigenvalue weighted by atomic mass is 16.6. The fraction of sp³-hybridized carbons (Fsp3) is 0.462. The average Bonchev–Trinajstić information content (AvgIpc) is 2.75. The standard InChI is InChI=1S/C13H16N2O4/c1-8-7-10(4-5-11(8)15(17)18)14-13(16)12-6-3-9(2)19-12/h4-5,7,9,12H,3,6H2,1-2H3,(H,14,16)/t9-,12-/m1/s1. The molecular formula is C13H16N2O4. The Bertz CT molecular complexity index is 515. The molecule has 1 aliphatic rings. The number of benzene rings is 1. The molecule has 1 saturated heterocycles. The summed E-state index contributed by atoms with van der Waals surface area (Å²) >= 11 is 0. The Balaban J connectivity index is 2.05. The van der Waals surface area contributed by atoms with Gasteiger partial charge in [0.15, 0.2) is 0 Å². The lowest BCUT2D eigenvalue weighted by molar-refractivity contribution is -0.385. The predicted octanol–water partition coefficient (Wildman–Crippen LogP) is 2.41. The van der Waals surface area contributed by atoms with Crippen LogP contribution < -0.4 is 5.32 Å². The summed E-state index contributed by atoms with van der Waals surface area (Å²) in [7, 11) is 0. The van der Waals surface area contributed by atoms with Crippen molar-refractivity contribution in [2.24, 2.45) is 0 Å². The van der Waals surface area contributed by atoms with Crippen LogP contribution in [0.3, 0.4) is 0 Å². The third-order valence-electron chi connectivity index (χ3n) is 3.19. The molecule has 0 unspecified atom stereocenters. The van der Waals surface area contributed by atoms with Crippen LogP contribution >= 0.6 is 0 Å². The van der Waals surface area contributed by atoms with Gasteiger partial charge >= 0.3 is 0 Å². The Morgan fingerprint density at radius 3 is 2.74 bits per heavy atom. The maximum Gasteiger partial charge on any atom is 0.272 e. The van der Waals surface area contributed by atoms with Crippen molar-refractivity contribution in [1.29, 1.82) is 0 Å². The number of nitro groups is 1. The predicted molar refractivity (Wildman–Crippen MR) is 70.0 cm³/mol. The van der Waals surface area contributed by atoms with Crippen molar-refractivity contribution in [3.05, 3.63) is 33.9 Å². The molecule has 1 fully saturated rings. The summed E-state index contributed by atoms with van der Waals surface area (Å²) in [6.07, 6.45) is 1.26. The Kier molecular flexibility index (Phi) is 3.80. The highest BCUT2D eigenvalue weighted by molar-refractivity contribution is 5.94. The molecule has 0 bridgehead atoms. The summed E-state index contributed by atoms with van der Waals surface area (Å²) in [5.74, 6) is -0.197. The topological polar surface area (TPSA) is 81.5 Å². The molecule has 0 aliphatic carbocycles. The molecule has 1 N–H and O–H groups in total. The third kappa shape index (κ3) is 3.08. The normalized spacial score (nSPS) is 22.2. The van der Waals surface area contributed by atoms with Gasteiger partial charge in [-0.1, -0.05) is 0 Å². The zero-order chi connectivity index (χ0) is 14.0. The molecule has 0 saturated carbocycles. The third-order valence-corrected chi connectivity index (χ3v) is 3.19. The summed E-state index contributed by atoms with van der Waals surface area (Å²) in [4.78, 5) is 22.2. The van der Waals surface area contributed by atoms with E-state index in [0.29, 0.717) is 17.7 Å². The molecule has 1 aromatic rings. The van der Waals surface area contributed by atoms with Gasteiger partial charge in [0.2, 0.25) is 0 Å². The fourth-order valence-corrected chi connectivity index (χ4v) is 2.16. The first-order valence-electron chi connectivity index (χ1n) is 6.18. The Morgan fingerprint density at radius 1 is 1.47 bits per heavy atom. The molecule has 6 heteroatoms. The Morgan fingerprint density at radius 2 is 2.21 bits per heavy atom. The fourth-order valence-electron chi connectivity index (χ4n) is 2.16. The molecule has 1 aliphatic heterocycles. The van der Waals surface area contributed by atoms with E-state index in [1.165, 1.54) is 12.1 Å². The number of ether oxygens (including phenoxy) is 1. The first kappa shape index (κ1) is 13.5. The SMILES string of the molecule is Cc1cc(NC(=O)[C@H]2CC[C@@H](C)O2)ccc1[N+](=O)[O-]. The van der Waals surface area contributed by atoms with E-state index in [9.17, 15) is 14.9 Å². The van der Waals surface area contributed by atoms with Gasteiger partial charge in [-0.05, 0) is 38.8 Å². The lowest BCUT2D eigenvalue weighted by Crippen LogP contribution is -2.27. The summed E-state index contributed by atoms with van der Waals surface area (Å²) in [5.41, 5.74) is 1.11. The monoisotopic (exact) mass is 264 g/mol. The van der Waals surface area contributed by atoms with Crippen molar-refractivity contribution in [2.45, 2.75) is 38.9 Å². The molecule has 0 spiro atoms. The second-order valence-electron chi connectivity index (χ2n) is 4.76. The number of carbonyl (C=O) groups is 1. The van der Waals surface area contributed by atoms with Crippen molar-refractivity contribution in [3.8, 4) is 0 Å². The zero-order valence-corrected chi connectivity index (χ0v) is 10.9. The first-order valence-corrected chi connectivity index (χ1v) is 6.18. The van der Waals surface area contributed by atoms with Crippen LogP contribution in [0.15, 0.2) is 18.2 Å². The number of amides is 1. The minimum atomic E-state index is -0.442. The number of carbonyl (C=O) groups excluding carboxylic acids is 1. The van der Waals surface area contributed by atoms with Crippen molar-refractivity contribution >= 4 is 17.3 Å². The lowest BCUT2D eigenvalue weighted by Gasteiger charge is -2.12. The van der Waals surface area contributed by atoms with Crippen LogP contribution in [0.2, 0.25) is 0 Å². The highest BCUT2D eigenvalue weighted by Crippen LogP contribution is 2.24. The maximum absolute atomic E-state index is 11.9. The van der Waals surface area contributed by atoms with Crippen molar-refractivity contribution in [3.63, 3.8) is 0 Å². The van der Waals surface area contributed by atoms with E-state index in [1.54, 1.807) is 13.0 Å². The number of nitrogens with one attached hydrogen (secondary N) is 1. The lowest BCUT2D eigenvalue weighted by atomic mass is 10.1. The summed E-state index contributed by atoms with van der Waals surface area (Å²) in [6, 6.07) is 4.51. The number of nitrogens with zero attached hydrogens (tertiary/aromatic N) is 1. The van der Waals surface area contributed by atoms with E-state index in [4.69, 9.17) is 4.74 Å². The van der Waals surface area contributed by atoms with Crippen LogP contribution in [-0.2, 0) is 9.53 Å². The van der Waals surface area contributed by atoms with E-state index in [1.807, 2.05) is 6.92 Å². The van der Waals surface area contributed by atoms with Gasteiger partial charge in [0.1, 0.15) is 6.10 Å². The molecule has 102 valence electrons. The molecule has 0 radical (unpaired) electrons. The molecule has 0 aromatic heterocycles. The Hall–Kier alpha value is -1.95. The van der Waals surface area contributed by atoms with Gasteiger partial charge in [0.05, 0.1) is 11.0 Å². The van der Waals surface area contributed by atoms with Crippen LogP contribution in [-0.4, -0.2) is 23.0 Å². The Labute approximate surface area is 110 Å². The second kappa shape index (κ2) is 5.36. The van der Waals surface area contributed by atoms with Gasteiger partial charge in [-0.2, -0.15) is 0 Å². The first-order chi connectivity index (χ1) is 8.97. The minimum Gasteiger partial charge on any atom is -0.365 e. The number of hydrogen-bond acceptors (Lipinski definition) is 4. The van der Waals surface area contributed by atoms with Gasteiger partial charge in [0, 0.05) is 17.3 Å². The van der Waals surface area contributed by atoms with Gasteiger partial charge in [0.25, 0.3) is 11.6 Å². The van der Waals surface area contributed by atoms with E-state index in [-0.39, 0.29) is 17.7 Å². The highest BCUT2D eigenvalue weighted by Gasteiger charge is 2.28. The molecule has 2 atom stereocenters. The zero-order valence-electron chi connectivity index (χ0n) is 10.9. The number of anilines is 1. The van der Waals surface area contributed by atoms with E-state index >= 15 is 0 Å². The van der Waals surface area contributed by atoms with Crippen LogP contribution in [0.1, 0.15) is 25.3 Å².